The monoisotopic (exact) mass is 289 g/mol. The normalized spacial score (nSPS) is 17.0. The number of carbonyl (C=O) groups excluding carboxylic acids is 2. The summed E-state index contributed by atoms with van der Waals surface area (Å²) in [4.78, 5) is 28.3. The molecular formula is C15H19N3O3. The molecule has 1 fully saturated rings. The van der Waals surface area contributed by atoms with Crippen molar-refractivity contribution in [3.63, 3.8) is 0 Å². The molecule has 1 amide bonds. The third-order valence-corrected chi connectivity index (χ3v) is 3.71. The number of nitrogens with one attached hydrogen (secondary N) is 1. The van der Waals surface area contributed by atoms with Gasteiger partial charge in [-0.1, -0.05) is 26.2 Å². The minimum Gasteiger partial charge on any atom is -0.448 e. The zero-order valence-corrected chi connectivity index (χ0v) is 12.1. The molecule has 1 unspecified atom stereocenters. The fraction of sp³-hybridized carbons (Fsp3) is 0.600. The Morgan fingerprint density at radius 1 is 1.48 bits per heavy atom. The Kier molecular flexibility index (Phi) is 5.09. The second-order valence-corrected chi connectivity index (χ2v) is 5.25. The van der Waals surface area contributed by atoms with Crippen molar-refractivity contribution in [1.29, 1.82) is 5.26 Å². The van der Waals surface area contributed by atoms with Crippen LogP contribution in [0.15, 0.2) is 10.7 Å². The van der Waals surface area contributed by atoms with E-state index in [2.05, 4.69) is 10.3 Å². The molecule has 1 atom stereocenters. The first-order valence-corrected chi connectivity index (χ1v) is 7.34. The predicted molar refractivity (Wildman–Crippen MR) is 74.3 cm³/mol. The van der Waals surface area contributed by atoms with E-state index in [1.165, 1.54) is 12.7 Å². The lowest BCUT2D eigenvalue weighted by molar-refractivity contribution is -0.123. The van der Waals surface area contributed by atoms with Gasteiger partial charge in [0.1, 0.15) is 12.0 Å². The van der Waals surface area contributed by atoms with Crippen LogP contribution in [0.3, 0.4) is 0 Å². The molecule has 6 heteroatoms. The molecule has 0 saturated heterocycles. The van der Waals surface area contributed by atoms with Crippen LogP contribution in [0.1, 0.15) is 55.4 Å². The van der Waals surface area contributed by atoms with Crippen LogP contribution >= 0.6 is 0 Å². The molecule has 0 aliphatic heterocycles. The van der Waals surface area contributed by atoms with Crippen LogP contribution in [-0.4, -0.2) is 22.7 Å². The largest absolute Gasteiger partial charge is 0.448 e. The topological polar surface area (TPSA) is 96.0 Å². The number of hydrogen-bond acceptors (Lipinski definition) is 5. The fourth-order valence-electron chi connectivity index (χ4n) is 2.50. The Bertz CT molecular complexity index is 553. The summed E-state index contributed by atoms with van der Waals surface area (Å²) in [5.74, 6) is -2.07. The first kappa shape index (κ1) is 15.2. The van der Waals surface area contributed by atoms with E-state index in [1.807, 2.05) is 6.92 Å². The van der Waals surface area contributed by atoms with Crippen molar-refractivity contribution in [3.8, 4) is 6.07 Å². The van der Waals surface area contributed by atoms with Crippen LogP contribution in [0.25, 0.3) is 0 Å². The van der Waals surface area contributed by atoms with Crippen molar-refractivity contribution in [1.82, 2.24) is 10.3 Å². The van der Waals surface area contributed by atoms with E-state index in [0.717, 1.165) is 25.7 Å². The predicted octanol–water partition coefficient (Wildman–Crippen LogP) is 2.01. The minimum atomic E-state index is -1.36. The number of aryl methyl sites for hydroxylation is 1. The molecule has 6 nitrogen and oxygen atoms in total. The molecule has 0 bridgehead atoms. The van der Waals surface area contributed by atoms with Crippen molar-refractivity contribution < 1.29 is 14.0 Å². The van der Waals surface area contributed by atoms with Crippen LogP contribution in [0, 0.1) is 17.2 Å². The lowest BCUT2D eigenvalue weighted by atomic mass is 9.94. The van der Waals surface area contributed by atoms with Gasteiger partial charge in [0.05, 0.1) is 6.07 Å². The third kappa shape index (κ3) is 3.69. The van der Waals surface area contributed by atoms with Gasteiger partial charge in [-0.3, -0.25) is 9.59 Å². The quantitative estimate of drug-likeness (QED) is 0.660. The second-order valence-electron chi connectivity index (χ2n) is 5.25. The Balaban J connectivity index is 2.02. The summed E-state index contributed by atoms with van der Waals surface area (Å²) in [5.41, 5.74) is 0.0391. The fourth-order valence-corrected chi connectivity index (χ4v) is 2.50. The molecule has 21 heavy (non-hydrogen) atoms. The first-order chi connectivity index (χ1) is 10.2. The summed E-state index contributed by atoms with van der Waals surface area (Å²) in [6, 6.07) is 1.84. The summed E-state index contributed by atoms with van der Waals surface area (Å²) in [6.07, 6.45) is 6.88. The summed E-state index contributed by atoms with van der Waals surface area (Å²) in [5, 5.41) is 11.9. The smallest absolute Gasteiger partial charge is 0.245 e. The SMILES string of the molecule is CCc1nc(C(=O)C(C#N)C(=O)NC2CCCCC2)co1. The summed E-state index contributed by atoms with van der Waals surface area (Å²) < 4.78 is 5.09. The highest BCUT2D eigenvalue weighted by molar-refractivity contribution is 6.11. The standard InChI is InChI=1S/C15H19N3O3/c1-2-13-18-12(9-21-13)14(19)11(8-16)15(20)17-10-6-4-3-5-7-10/h9-11H,2-7H2,1H3,(H,17,20). The lowest BCUT2D eigenvalue weighted by Crippen LogP contribution is -2.42. The van der Waals surface area contributed by atoms with Gasteiger partial charge in [-0.2, -0.15) is 5.26 Å². The average molecular weight is 289 g/mol. The van der Waals surface area contributed by atoms with Gasteiger partial charge >= 0.3 is 0 Å². The lowest BCUT2D eigenvalue weighted by Gasteiger charge is -2.23. The Labute approximate surface area is 123 Å². The average Bonchev–Trinajstić information content (AvgIpc) is 2.98. The van der Waals surface area contributed by atoms with E-state index in [4.69, 9.17) is 9.68 Å². The zero-order chi connectivity index (χ0) is 15.2. The van der Waals surface area contributed by atoms with Gasteiger partial charge in [-0.25, -0.2) is 4.98 Å². The van der Waals surface area contributed by atoms with Gasteiger partial charge in [-0.05, 0) is 12.8 Å². The van der Waals surface area contributed by atoms with Gasteiger partial charge in [-0.15, -0.1) is 0 Å². The first-order valence-electron chi connectivity index (χ1n) is 7.34. The number of amides is 1. The molecule has 112 valence electrons. The molecule has 1 aromatic rings. The highest BCUT2D eigenvalue weighted by atomic mass is 16.3. The molecule has 0 spiro atoms. The summed E-state index contributed by atoms with van der Waals surface area (Å²) in [7, 11) is 0. The van der Waals surface area contributed by atoms with Crippen LogP contribution in [-0.2, 0) is 11.2 Å². The number of nitrogens with zero attached hydrogens (tertiary/aromatic N) is 2. The van der Waals surface area contributed by atoms with Gasteiger partial charge in [0.2, 0.25) is 11.7 Å². The maximum absolute atomic E-state index is 12.2. The molecular weight excluding hydrogens is 270 g/mol. The van der Waals surface area contributed by atoms with Crippen molar-refractivity contribution >= 4 is 11.7 Å². The number of Topliss-reactive ketones (excluding diaryl/α,β-unsaturated/α-hetero) is 1. The third-order valence-electron chi connectivity index (χ3n) is 3.71. The maximum Gasteiger partial charge on any atom is 0.245 e. The number of rotatable bonds is 5. The molecule has 0 aromatic carbocycles. The van der Waals surface area contributed by atoms with Crippen molar-refractivity contribution in [2.75, 3.05) is 0 Å². The number of ketones is 1. The number of oxazole rings is 1. The molecule has 1 aromatic heterocycles. The molecule has 2 rings (SSSR count). The molecule has 1 heterocycles. The van der Waals surface area contributed by atoms with E-state index in [9.17, 15) is 9.59 Å². The van der Waals surface area contributed by atoms with E-state index >= 15 is 0 Å². The van der Waals surface area contributed by atoms with Crippen molar-refractivity contribution in [2.24, 2.45) is 5.92 Å². The zero-order valence-electron chi connectivity index (χ0n) is 12.1. The summed E-state index contributed by atoms with van der Waals surface area (Å²) >= 11 is 0. The van der Waals surface area contributed by atoms with E-state index in [-0.39, 0.29) is 11.7 Å². The molecule has 1 aliphatic carbocycles. The Morgan fingerprint density at radius 3 is 2.76 bits per heavy atom. The van der Waals surface area contributed by atoms with Crippen LogP contribution < -0.4 is 5.32 Å². The maximum atomic E-state index is 12.2. The van der Waals surface area contributed by atoms with Gasteiger partial charge in [0, 0.05) is 12.5 Å². The van der Waals surface area contributed by atoms with E-state index < -0.39 is 17.6 Å². The van der Waals surface area contributed by atoms with Gasteiger partial charge in [0.25, 0.3) is 0 Å². The van der Waals surface area contributed by atoms with E-state index in [1.54, 1.807) is 6.07 Å². The second kappa shape index (κ2) is 7.02. The van der Waals surface area contributed by atoms with Crippen LogP contribution in [0.5, 0.6) is 0 Å². The van der Waals surface area contributed by atoms with Crippen LogP contribution in [0.2, 0.25) is 0 Å². The van der Waals surface area contributed by atoms with Gasteiger partial charge in [0.15, 0.2) is 11.8 Å². The molecule has 1 N–H and O–H groups in total. The van der Waals surface area contributed by atoms with Gasteiger partial charge < -0.3 is 9.73 Å². The highest BCUT2D eigenvalue weighted by Crippen LogP contribution is 2.18. The Hall–Kier alpha value is -2.16. The van der Waals surface area contributed by atoms with E-state index in [0.29, 0.717) is 12.3 Å². The highest BCUT2D eigenvalue weighted by Gasteiger charge is 2.31. The number of carbonyl (C=O) groups is 2. The van der Waals surface area contributed by atoms with Crippen molar-refractivity contribution in [3.05, 3.63) is 17.8 Å². The number of nitriles is 1. The number of aromatic nitrogens is 1. The summed E-state index contributed by atoms with van der Waals surface area (Å²) in [6.45, 7) is 1.84. The Morgan fingerprint density at radius 2 is 2.19 bits per heavy atom. The van der Waals surface area contributed by atoms with Crippen LogP contribution in [0.4, 0.5) is 0 Å². The molecule has 0 radical (unpaired) electrons. The number of hydrogen-bond donors (Lipinski definition) is 1. The van der Waals surface area contributed by atoms with Crippen molar-refractivity contribution in [2.45, 2.75) is 51.5 Å². The minimum absolute atomic E-state index is 0.0391. The molecule has 1 saturated carbocycles. The molecule has 1 aliphatic rings.